The summed E-state index contributed by atoms with van der Waals surface area (Å²) in [5.74, 6) is -0.651. The summed E-state index contributed by atoms with van der Waals surface area (Å²) in [7, 11) is 0. The van der Waals surface area contributed by atoms with Crippen LogP contribution in [0.1, 0.15) is 29.3 Å². The third-order valence-electron chi connectivity index (χ3n) is 4.11. The lowest BCUT2D eigenvalue weighted by molar-refractivity contribution is -0.384. The molecule has 8 heteroatoms. The fraction of sp³-hybridized carbons (Fsp3) is 0.263. The van der Waals surface area contributed by atoms with Gasteiger partial charge in [0.15, 0.2) is 0 Å². The van der Waals surface area contributed by atoms with E-state index in [4.69, 9.17) is 5.73 Å². The van der Waals surface area contributed by atoms with Crippen molar-refractivity contribution < 1.29 is 14.5 Å². The molecular formula is C19H22N4O4. The molecular weight excluding hydrogens is 348 g/mol. The highest BCUT2D eigenvalue weighted by Crippen LogP contribution is 2.14. The minimum atomic E-state index is -0.516. The molecule has 2 amide bonds. The second kappa shape index (κ2) is 9.44. The maximum Gasteiger partial charge on any atom is 0.269 e. The normalized spacial score (nSPS) is 10.6. The number of hydrogen-bond acceptors (Lipinski definition) is 5. The number of hydrogen-bond donors (Lipinski definition) is 2. The van der Waals surface area contributed by atoms with Gasteiger partial charge in [-0.1, -0.05) is 19.1 Å². The monoisotopic (exact) mass is 370 g/mol. The van der Waals surface area contributed by atoms with Gasteiger partial charge in [-0.05, 0) is 36.4 Å². The lowest BCUT2D eigenvalue weighted by Gasteiger charge is -2.20. The lowest BCUT2D eigenvalue weighted by Crippen LogP contribution is -2.27. The van der Waals surface area contributed by atoms with Crippen molar-refractivity contribution in [2.24, 2.45) is 5.73 Å². The van der Waals surface area contributed by atoms with E-state index in [1.54, 1.807) is 36.4 Å². The molecule has 2 aromatic rings. The zero-order valence-corrected chi connectivity index (χ0v) is 15.1. The molecule has 0 aliphatic heterocycles. The van der Waals surface area contributed by atoms with Gasteiger partial charge >= 0.3 is 0 Å². The second-order valence-electron chi connectivity index (χ2n) is 6.03. The first kappa shape index (κ1) is 20.1. The van der Waals surface area contributed by atoms with E-state index in [2.05, 4.69) is 10.2 Å². The zero-order valence-electron chi connectivity index (χ0n) is 15.1. The average Bonchev–Trinajstić information content (AvgIpc) is 2.65. The third kappa shape index (κ3) is 6.19. The van der Waals surface area contributed by atoms with Gasteiger partial charge in [-0.3, -0.25) is 24.6 Å². The predicted molar refractivity (Wildman–Crippen MR) is 102 cm³/mol. The fourth-order valence-electron chi connectivity index (χ4n) is 2.53. The van der Waals surface area contributed by atoms with Crippen LogP contribution >= 0.6 is 0 Å². The Hall–Kier alpha value is -3.26. The lowest BCUT2D eigenvalue weighted by atomic mass is 10.2. The van der Waals surface area contributed by atoms with E-state index in [9.17, 15) is 19.7 Å². The molecule has 0 atom stereocenters. The molecule has 0 saturated heterocycles. The number of nitrogens with zero attached hydrogens (tertiary/aromatic N) is 2. The number of nitro groups is 1. The third-order valence-corrected chi connectivity index (χ3v) is 4.11. The van der Waals surface area contributed by atoms with E-state index in [0.29, 0.717) is 30.8 Å². The van der Waals surface area contributed by atoms with Gasteiger partial charge in [0.25, 0.3) is 5.69 Å². The van der Waals surface area contributed by atoms with E-state index in [1.165, 1.54) is 12.1 Å². The van der Waals surface area contributed by atoms with Gasteiger partial charge in [-0.15, -0.1) is 0 Å². The standard InChI is InChI=1S/C19H22N4O4/c1-2-22(13-14-3-9-17(10-4-14)23(26)27)12-11-18(24)21-16-7-5-15(6-8-16)19(20)25/h3-10H,2,11-13H2,1H3,(H2,20,25)(H,21,24). The topological polar surface area (TPSA) is 119 Å². The van der Waals surface area contributed by atoms with Crippen LogP contribution < -0.4 is 11.1 Å². The Morgan fingerprint density at radius 3 is 2.26 bits per heavy atom. The number of anilines is 1. The molecule has 3 N–H and O–H groups in total. The first-order valence-corrected chi connectivity index (χ1v) is 8.54. The molecule has 27 heavy (non-hydrogen) atoms. The van der Waals surface area contributed by atoms with Crippen molar-refractivity contribution in [2.45, 2.75) is 19.9 Å². The first-order chi connectivity index (χ1) is 12.9. The van der Waals surface area contributed by atoms with Crippen LogP contribution in [-0.4, -0.2) is 34.7 Å². The van der Waals surface area contributed by atoms with Crippen LogP contribution in [0.3, 0.4) is 0 Å². The van der Waals surface area contributed by atoms with E-state index >= 15 is 0 Å². The molecule has 0 saturated carbocycles. The molecule has 8 nitrogen and oxygen atoms in total. The zero-order chi connectivity index (χ0) is 19.8. The van der Waals surface area contributed by atoms with Crippen LogP contribution in [0.2, 0.25) is 0 Å². The van der Waals surface area contributed by atoms with Crippen LogP contribution in [0.5, 0.6) is 0 Å². The van der Waals surface area contributed by atoms with Crippen LogP contribution in [0.4, 0.5) is 11.4 Å². The number of nitrogens with two attached hydrogens (primary N) is 1. The molecule has 0 unspecified atom stereocenters. The molecule has 142 valence electrons. The van der Waals surface area contributed by atoms with Gasteiger partial charge in [-0.2, -0.15) is 0 Å². The first-order valence-electron chi connectivity index (χ1n) is 8.54. The van der Waals surface area contributed by atoms with E-state index < -0.39 is 10.8 Å². The number of primary amides is 1. The van der Waals surface area contributed by atoms with E-state index in [-0.39, 0.29) is 11.6 Å². The molecule has 0 bridgehead atoms. The Balaban J connectivity index is 1.84. The summed E-state index contributed by atoms with van der Waals surface area (Å²) in [5, 5.41) is 13.5. The smallest absolute Gasteiger partial charge is 0.269 e. The number of nitro benzene ring substituents is 1. The number of benzene rings is 2. The maximum atomic E-state index is 12.1. The highest BCUT2D eigenvalue weighted by molar-refractivity contribution is 5.94. The molecule has 2 aromatic carbocycles. The Morgan fingerprint density at radius 1 is 1.11 bits per heavy atom. The molecule has 0 radical (unpaired) electrons. The highest BCUT2D eigenvalue weighted by Gasteiger charge is 2.10. The summed E-state index contributed by atoms with van der Waals surface area (Å²) in [5.41, 5.74) is 7.17. The van der Waals surface area contributed by atoms with Crippen molar-refractivity contribution in [1.29, 1.82) is 0 Å². The Kier molecular flexibility index (Phi) is 7.01. The fourth-order valence-corrected chi connectivity index (χ4v) is 2.53. The number of rotatable bonds is 9. The summed E-state index contributed by atoms with van der Waals surface area (Å²) in [6.45, 7) is 3.90. The van der Waals surface area contributed by atoms with Gasteiger partial charge in [0, 0.05) is 42.9 Å². The van der Waals surface area contributed by atoms with Crippen LogP contribution in [-0.2, 0) is 11.3 Å². The van der Waals surface area contributed by atoms with Crippen molar-refractivity contribution in [3.05, 3.63) is 69.8 Å². The quantitative estimate of drug-likeness (QED) is 0.519. The van der Waals surface area contributed by atoms with Gasteiger partial charge in [0.05, 0.1) is 4.92 Å². The number of nitrogens with one attached hydrogen (secondary N) is 1. The minimum Gasteiger partial charge on any atom is -0.366 e. The summed E-state index contributed by atoms with van der Waals surface area (Å²) >= 11 is 0. The van der Waals surface area contributed by atoms with Crippen molar-refractivity contribution in [1.82, 2.24) is 4.90 Å². The highest BCUT2D eigenvalue weighted by atomic mass is 16.6. The SMILES string of the molecule is CCN(CCC(=O)Nc1ccc(C(N)=O)cc1)Cc1ccc([N+](=O)[O-])cc1. The Morgan fingerprint density at radius 2 is 1.74 bits per heavy atom. The maximum absolute atomic E-state index is 12.1. The summed E-state index contributed by atoms with van der Waals surface area (Å²) in [6, 6.07) is 12.8. The van der Waals surface area contributed by atoms with Crippen molar-refractivity contribution in [2.75, 3.05) is 18.4 Å². The number of non-ortho nitro benzene ring substituents is 1. The van der Waals surface area contributed by atoms with Gasteiger partial charge < -0.3 is 11.1 Å². The average molecular weight is 370 g/mol. The largest absolute Gasteiger partial charge is 0.366 e. The molecule has 2 rings (SSSR count). The number of carbonyl (C=O) groups excluding carboxylic acids is 2. The molecule has 0 heterocycles. The summed E-state index contributed by atoms with van der Waals surface area (Å²) < 4.78 is 0. The van der Waals surface area contributed by atoms with Crippen molar-refractivity contribution in [3.63, 3.8) is 0 Å². The summed E-state index contributed by atoms with van der Waals surface area (Å²) in [4.78, 5) is 35.5. The summed E-state index contributed by atoms with van der Waals surface area (Å²) in [6.07, 6.45) is 0.304. The predicted octanol–water partition coefficient (Wildman–Crippen LogP) is 2.54. The second-order valence-corrected chi connectivity index (χ2v) is 6.03. The molecule has 0 fully saturated rings. The van der Waals surface area contributed by atoms with Crippen LogP contribution in [0, 0.1) is 10.1 Å². The van der Waals surface area contributed by atoms with Crippen molar-refractivity contribution in [3.8, 4) is 0 Å². The minimum absolute atomic E-state index is 0.0588. The Labute approximate surface area is 157 Å². The molecule has 0 aliphatic rings. The van der Waals surface area contributed by atoms with Crippen molar-refractivity contribution >= 4 is 23.2 Å². The molecule has 0 aliphatic carbocycles. The molecule has 0 spiro atoms. The van der Waals surface area contributed by atoms with E-state index in [1.807, 2.05) is 6.92 Å². The van der Waals surface area contributed by atoms with Crippen LogP contribution in [0.15, 0.2) is 48.5 Å². The number of amides is 2. The number of carbonyl (C=O) groups is 2. The van der Waals surface area contributed by atoms with E-state index in [0.717, 1.165) is 12.1 Å². The van der Waals surface area contributed by atoms with Gasteiger partial charge in [-0.25, -0.2) is 0 Å². The molecule has 0 aromatic heterocycles. The van der Waals surface area contributed by atoms with Gasteiger partial charge in [0.1, 0.15) is 0 Å². The Bertz CT molecular complexity index is 803. The van der Waals surface area contributed by atoms with Gasteiger partial charge in [0.2, 0.25) is 11.8 Å². The van der Waals surface area contributed by atoms with Crippen LogP contribution in [0.25, 0.3) is 0 Å².